The van der Waals surface area contributed by atoms with Gasteiger partial charge < -0.3 is 14.7 Å². The molecular weight excluding hydrogens is 590 g/mol. The van der Waals surface area contributed by atoms with Gasteiger partial charge in [0.05, 0.1) is 33.2 Å². The molecule has 10 nitrogen and oxygen atoms in total. The average molecular weight is 628 g/mol. The van der Waals surface area contributed by atoms with Crippen LogP contribution in [-0.4, -0.2) is 68.5 Å². The van der Waals surface area contributed by atoms with Crippen LogP contribution >= 0.6 is 11.6 Å². The van der Waals surface area contributed by atoms with E-state index in [2.05, 4.69) is 16.5 Å². The normalized spacial score (nSPS) is 16.7. The predicted octanol–water partition coefficient (Wildman–Crippen LogP) is 5.52. The van der Waals surface area contributed by atoms with Crippen molar-refractivity contribution in [2.75, 3.05) is 29.9 Å². The number of carbonyl (C=O) groups excluding carboxylic acids is 2. The number of hydrogen-bond acceptors (Lipinski definition) is 7. The van der Waals surface area contributed by atoms with Crippen LogP contribution in [0.2, 0.25) is 5.02 Å². The van der Waals surface area contributed by atoms with Crippen LogP contribution in [0.15, 0.2) is 60.0 Å². The quantitative estimate of drug-likeness (QED) is 0.259. The monoisotopic (exact) mass is 627 g/mol. The number of aromatic nitrogens is 4. The zero-order valence-electron chi connectivity index (χ0n) is 26.7. The van der Waals surface area contributed by atoms with Crippen LogP contribution < -0.4 is 15.5 Å². The first kappa shape index (κ1) is 31.8. The summed E-state index contributed by atoms with van der Waals surface area (Å²) >= 11 is 7.03. The molecule has 2 amide bonds. The van der Waals surface area contributed by atoms with E-state index in [1.165, 1.54) is 22.5 Å². The highest BCUT2D eigenvalue weighted by Crippen LogP contribution is 2.38. The Kier molecular flexibility index (Phi) is 8.80. The summed E-state index contributed by atoms with van der Waals surface area (Å²) in [6.45, 7) is 16.0. The molecule has 1 aliphatic heterocycles. The van der Waals surface area contributed by atoms with E-state index in [1.807, 2.05) is 69.9 Å². The predicted molar refractivity (Wildman–Crippen MR) is 179 cm³/mol. The van der Waals surface area contributed by atoms with Crippen molar-refractivity contribution in [2.45, 2.75) is 59.5 Å². The largest absolute Gasteiger partial charge is 0.355 e. The Labute approximate surface area is 268 Å². The Morgan fingerprint density at radius 1 is 1.11 bits per heavy atom. The van der Waals surface area contributed by atoms with Gasteiger partial charge in [-0.2, -0.15) is 4.98 Å². The molecular formula is C34H38ClN7O3. The molecule has 1 fully saturated rings. The Morgan fingerprint density at radius 3 is 2.49 bits per heavy atom. The summed E-state index contributed by atoms with van der Waals surface area (Å²) in [4.78, 5) is 58.9. The lowest BCUT2D eigenvalue weighted by molar-refractivity contribution is -0.128. The van der Waals surface area contributed by atoms with Gasteiger partial charge in [-0.25, -0.2) is 14.3 Å². The molecule has 2 atom stereocenters. The fraction of sp³-hybridized carbons (Fsp3) is 0.353. The second kappa shape index (κ2) is 12.4. The van der Waals surface area contributed by atoms with E-state index >= 15 is 0 Å². The van der Waals surface area contributed by atoms with Gasteiger partial charge in [-0.15, -0.1) is 0 Å². The Morgan fingerprint density at radius 2 is 1.82 bits per heavy atom. The molecule has 4 aromatic rings. The van der Waals surface area contributed by atoms with Gasteiger partial charge in [0.25, 0.3) is 0 Å². The number of nitrogens with zero attached hydrogens (tertiary/aromatic N) is 7. The summed E-state index contributed by atoms with van der Waals surface area (Å²) in [6, 6.07) is 10.7. The molecule has 45 heavy (non-hydrogen) atoms. The minimum absolute atomic E-state index is 0.00888. The van der Waals surface area contributed by atoms with Crippen molar-refractivity contribution < 1.29 is 9.59 Å². The van der Waals surface area contributed by atoms with Crippen molar-refractivity contribution >= 4 is 46.0 Å². The Hall–Kier alpha value is -4.57. The first-order chi connectivity index (χ1) is 21.3. The van der Waals surface area contributed by atoms with Crippen LogP contribution in [0.5, 0.6) is 0 Å². The highest BCUT2D eigenvalue weighted by Gasteiger charge is 2.34. The summed E-state index contributed by atoms with van der Waals surface area (Å²) in [5.41, 5.74) is 3.77. The molecule has 11 heteroatoms. The van der Waals surface area contributed by atoms with E-state index in [0.29, 0.717) is 57.6 Å². The van der Waals surface area contributed by atoms with E-state index in [0.717, 1.165) is 11.3 Å². The first-order valence-corrected chi connectivity index (χ1v) is 15.4. The smallest absolute Gasteiger partial charge is 0.349 e. The number of halogens is 1. The second-order valence-electron chi connectivity index (χ2n) is 11.9. The Bertz CT molecular complexity index is 1890. The molecule has 1 aromatic carbocycles. The molecule has 0 saturated carbocycles. The SMILES string of the molecule is C=CC(=O)N1CC(C)N(c2nc(=O)n(-c3c(C)ccnc3C(C)C)c3nc(-c4ccccc4N(C)C(C)=O)c(Cl)cc23)CC1C. The number of anilines is 2. The summed E-state index contributed by atoms with van der Waals surface area (Å²) in [7, 11) is 1.70. The van der Waals surface area contributed by atoms with Crippen LogP contribution in [0.3, 0.4) is 0 Å². The average Bonchev–Trinajstić information content (AvgIpc) is 3.01. The van der Waals surface area contributed by atoms with Crippen molar-refractivity contribution in [3.8, 4) is 16.9 Å². The highest BCUT2D eigenvalue weighted by molar-refractivity contribution is 6.34. The minimum atomic E-state index is -0.505. The third-order valence-corrected chi connectivity index (χ3v) is 8.72. The standard InChI is InChI=1S/C34H38ClN7O3/c1-9-28(44)40-17-22(6)41(18-21(40)5)32-25-16-26(35)30(24-12-10-11-13-27(24)39(8)23(7)43)37-33(25)42(34(45)38-32)31-20(4)14-15-36-29(31)19(2)3/h9-16,19,21-22H,1,17-18H2,2-8H3. The number of amides is 2. The molecule has 4 heterocycles. The number of benzene rings is 1. The molecule has 234 valence electrons. The molecule has 5 rings (SSSR count). The van der Waals surface area contributed by atoms with E-state index in [4.69, 9.17) is 16.6 Å². The first-order valence-electron chi connectivity index (χ1n) is 15.0. The maximum Gasteiger partial charge on any atom is 0.355 e. The fourth-order valence-corrected chi connectivity index (χ4v) is 6.23. The van der Waals surface area contributed by atoms with Gasteiger partial charge >= 0.3 is 5.69 Å². The van der Waals surface area contributed by atoms with Crippen LogP contribution in [0.4, 0.5) is 11.5 Å². The third kappa shape index (κ3) is 5.70. The van der Waals surface area contributed by atoms with Gasteiger partial charge in [0.15, 0.2) is 5.65 Å². The zero-order chi connectivity index (χ0) is 32.7. The number of pyridine rings is 2. The summed E-state index contributed by atoms with van der Waals surface area (Å²) in [6.07, 6.45) is 3.06. The number of para-hydroxylation sites is 1. The lowest BCUT2D eigenvalue weighted by Crippen LogP contribution is -2.58. The zero-order valence-corrected chi connectivity index (χ0v) is 27.5. The number of hydrogen-bond donors (Lipinski definition) is 0. The number of piperazine rings is 1. The van der Waals surface area contributed by atoms with Gasteiger partial charge in [0, 0.05) is 50.9 Å². The van der Waals surface area contributed by atoms with Crippen molar-refractivity contribution in [3.63, 3.8) is 0 Å². The molecule has 1 saturated heterocycles. The third-order valence-electron chi connectivity index (χ3n) is 8.43. The van der Waals surface area contributed by atoms with E-state index in [9.17, 15) is 14.4 Å². The lowest BCUT2D eigenvalue weighted by Gasteiger charge is -2.44. The fourth-order valence-electron chi connectivity index (χ4n) is 5.98. The highest BCUT2D eigenvalue weighted by atomic mass is 35.5. The molecule has 3 aromatic heterocycles. The molecule has 0 radical (unpaired) electrons. The van der Waals surface area contributed by atoms with Crippen LogP contribution in [-0.2, 0) is 9.59 Å². The van der Waals surface area contributed by atoms with E-state index in [-0.39, 0.29) is 29.8 Å². The molecule has 0 spiro atoms. The minimum Gasteiger partial charge on any atom is -0.349 e. The topological polar surface area (TPSA) is 105 Å². The van der Waals surface area contributed by atoms with Gasteiger partial charge in [0.2, 0.25) is 11.8 Å². The summed E-state index contributed by atoms with van der Waals surface area (Å²) < 4.78 is 1.53. The Balaban J connectivity index is 1.84. The van der Waals surface area contributed by atoms with Crippen molar-refractivity contribution in [1.82, 2.24) is 24.4 Å². The summed E-state index contributed by atoms with van der Waals surface area (Å²) in [5, 5.41) is 0.926. The van der Waals surface area contributed by atoms with E-state index < -0.39 is 5.69 Å². The number of rotatable bonds is 6. The molecule has 2 unspecified atom stereocenters. The van der Waals surface area contributed by atoms with Gasteiger partial charge in [-0.05, 0) is 56.5 Å². The molecule has 1 aliphatic rings. The number of aryl methyl sites for hydroxylation is 1. The van der Waals surface area contributed by atoms with Crippen LogP contribution in [0, 0.1) is 6.92 Å². The van der Waals surface area contributed by atoms with Gasteiger partial charge in [0.1, 0.15) is 5.82 Å². The number of carbonyl (C=O) groups is 2. The maximum absolute atomic E-state index is 14.2. The second-order valence-corrected chi connectivity index (χ2v) is 12.3. The van der Waals surface area contributed by atoms with Crippen molar-refractivity contribution in [2.24, 2.45) is 0 Å². The number of fused-ring (bicyclic) bond motifs is 1. The lowest BCUT2D eigenvalue weighted by atomic mass is 10.0. The molecule has 0 aliphatic carbocycles. The maximum atomic E-state index is 14.2. The van der Waals surface area contributed by atoms with Crippen molar-refractivity contribution in [1.29, 1.82) is 0 Å². The van der Waals surface area contributed by atoms with Crippen molar-refractivity contribution in [3.05, 3.63) is 82.0 Å². The van der Waals surface area contributed by atoms with Gasteiger partial charge in [-0.3, -0.25) is 14.6 Å². The van der Waals surface area contributed by atoms with Crippen LogP contribution in [0.25, 0.3) is 28.0 Å². The molecule has 0 bridgehead atoms. The van der Waals surface area contributed by atoms with Gasteiger partial charge in [-0.1, -0.05) is 50.2 Å². The molecule has 0 N–H and O–H groups in total. The summed E-state index contributed by atoms with van der Waals surface area (Å²) in [5.74, 6) is 0.167. The van der Waals surface area contributed by atoms with Crippen LogP contribution in [0.1, 0.15) is 51.8 Å². The van der Waals surface area contributed by atoms with E-state index in [1.54, 1.807) is 24.2 Å².